The van der Waals surface area contributed by atoms with Crippen molar-refractivity contribution in [2.75, 3.05) is 26.2 Å². The summed E-state index contributed by atoms with van der Waals surface area (Å²) in [6.45, 7) is 3.88. The lowest BCUT2D eigenvalue weighted by atomic mass is 10.00. The summed E-state index contributed by atoms with van der Waals surface area (Å²) in [7, 11) is 0. The summed E-state index contributed by atoms with van der Waals surface area (Å²) in [4.78, 5) is 4.31. The summed E-state index contributed by atoms with van der Waals surface area (Å²) < 4.78 is 5.40. The summed E-state index contributed by atoms with van der Waals surface area (Å²) in [6.07, 6.45) is 2.50. The molecule has 2 heterocycles. The van der Waals surface area contributed by atoms with Crippen molar-refractivity contribution in [3.63, 3.8) is 0 Å². The minimum Gasteiger partial charge on any atom is -0.479 e. The first-order valence-corrected chi connectivity index (χ1v) is 4.34. The van der Waals surface area contributed by atoms with Gasteiger partial charge in [0.1, 0.15) is 6.61 Å². The summed E-state index contributed by atoms with van der Waals surface area (Å²) in [5.41, 5.74) is 0. The van der Waals surface area contributed by atoms with Crippen LogP contribution in [0.15, 0.2) is 4.99 Å². The zero-order valence-electron chi connectivity index (χ0n) is 6.68. The molecule has 1 N–H and O–H groups in total. The highest BCUT2D eigenvalue weighted by Crippen LogP contribution is 2.14. The van der Waals surface area contributed by atoms with E-state index in [0.717, 1.165) is 32.1 Å². The van der Waals surface area contributed by atoms with Crippen LogP contribution in [0.2, 0.25) is 0 Å². The normalized spacial score (nSPS) is 31.3. The number of nitrogens with zero attached hydrogens (tertiary/aromatic N) is 1. The highest BCUT2D eigenvalue weighted by atomic mass is 16.5. The summed E-state index contributed by atoms with van der Waals surface area (Å²) in [5.74, 6) is 1.56. The fourth-order valence-corrected chi connectivity index (χ4v) is 1.66. The molecule has 0 amide bonds. The van der Waals surface area contributed by atoms with Gasteiger partial charge in [0.25, 0.3) is 0 Å². The van der Waals surface area contributed by atoms with Gasteiger partial charge in [-0.15, -0.1) is 0 Å². The number of ether oxygens (including phenoxy) is 1. The molecule has 2 rings (SSSR count). The van der Waals surface area contributed by atoms with Crippen molar-refractivity contribution < 1.29 is 4.74 Å². The van der Waals surface area contributed by atoms with Crippen LogP contribution >= 0.6 is 0 Å². The molecule has 1 fully saturated rings. The molecule has 0 aromatic heterocycles. The largest absolute Gasteiger partial charge is 0.479 e. The molecule has 0 radical (unpaired) electrons. The zero-order chi connectivity index (χ0) is 7.52. The van der Waals surface area contributed by atoms with Crippen molar-refractivity contribution in [1.82, 2.24) is 5.32 Å². The Morgan fingerprint density at radius 2 is 2.55 bits per heavy atom. The Hall–Kier alpha value is -0.570. The first kappa shape index (κ1) is 7.10. The van der Waals surface area contributed by atoms with Gasteiger partial charge in [-0.25, -0.2) is 0 Å². The van der Waals surface area contributed by atoms with Crippen LogP contribution in [0.1, 0.15) is 12.8 Å². The third kappa shape index (κ3) is 1.53. The molecule has 1 saturated heterocycles. The molecule has 2 aliphatic rings. The van der Waals surface area contributed by atoms with Gasteiger partial charge in [0.05, 0.1) is 6.54 Å². The summed E-state index contributed by atoms with van der Waals surface area (Å²) in [6, 6.07) is 0. The lowest BCUT2D eigenvalue weighted by Crippen LogP contribution is -2.34. The topological polar surface area (TPSA) is 33.6 Å². The molecule has 3 nitrogen and oxygen atoms in total. The van der Waals surface area contributed by atoms with Crippen molar-refractivity contribution in [1.29, 1.82) is 0 Å². The van der Waals surface area contributed by atoms with Gasteiger partial charge in [0, 0.05) is 12.5 Å². The standard InChI is InChI=1S/C8H14N2O/c1-2-7(6-9-3-1)8-10-4-5-11-8/h7,9H,1-6H2. The number of nitrogens with one attached hydrogen (secondary N) is 1. The van der Waals surface area contributed by atoms with Gasteiger partial charge in [-0.05, 0) is 19.4 Å². The second-order valence-corrected chi connectivity index (χ2v) is 3.11. The van der Waals surface area contributed by atoms with Crippen LogP contribution in [0, 0.1) is 5.92 Å². The van der Waals surface area contributed by atoms with Gasteiger partial charge in [-0.2, -0.15) is 0 Å². The van der Waals surface area contributed by atoms with Crippen molar-refractivity contribution in [2.24, 2.45) is 10.9 Å². The fraction of sp³-hybridized carbons (Fsp3) is 0.875. The van der Waals surface area contributed by atoms with E-state index >= 15 is 0 Å². The molecule has 0 aliphatic carbocycles. The Morgan fingerprint density at radius 3 is 3.18 bits per heavy atom. The third-order valence-electron chi connectivity index (χ3n) is 2.25. The van der Waals surface area contributed by atoms with Crippen molar-refractivity contribution in [3.8, 4) is 0 Å². The van der Waals surface area contributed by atoms with Gasteiger partial charge in [0.2, 0.25) is 0 Å². The average molecular weight is 154 g/mol. The first-order chi connectivity index (χ1) is 5.47. The maximum absolute atomic E-state index is 5.40. The Bertz CT molecular complexity index is 161. The Kier molecular flexibility index (Phi) is 2.08. The van der Waals surface area contributed by atoms with E-state index in [-0.39, 0.29) is 0 Å². The minimum absolute atomic E-state index is 0.561. The molecule has 0 aromatic carbocycles. The van der Waals surface area contributed by atoms with E-state index < -0.39 is 0 Å². The monoisotopic (exact) mass is 154 g/mol. The Labute approximate surface area is 66.8 Å². The van der Waals surface area contributed by atoms with Gasteiger partial charge in [-0.1, -0.05) is 0 Å². The van der Waals surface area contributed by atoms with Crippen LogP contribution in [0.3, 0.4) is 0 Å². The first-order valence-electron chi connectivity index (χ1n) is 4.34. The van der Waals surface area contributed by atoms with Crippen LogP contribution in [0.25, 0.3) is 0 Å². The maximum atomic E-state index is 5.40. The van der Waals surface area contributed by atoms with E-state index in [0.29, 0.717) is 5.92 Å². The SMILES string of the molecule is C1CNCC(C2=NCCO2)C1. The van der Waals surface area contributed by atoms with Crippen molar-refractivity contribution in [2.45, 2.75) is 12.8 Å². The van der Waals surface area contributed by atoms with E-state index in [1.165, 1.54) is 12.8 Å². The average Bonchev–Trinajstić information content (AvgIpc) is 2.58. The second kappa shape index (κ2) is 3.22. The highest BCUT2D eigenvalue weighted by Gasteiger charge is 2.22. The highest BCUT2D eigenvalue weighted by molar-refractivity contribution is 5.80. The van der Waals surface area contributed by atoms with E-state index in [1.54, 1.807) is 0 Å². The summed E-state index contributed by atoms with van der Waals surface area (Å²) in [5, 5.41) is 3.35. The number of aliphatic imine (C=N–C) groups is 1. The molecular formula is C8H14N2O. The van der Waals surface area contributed by atoms with Crippen LogP contribution in [0.4, 0.5) is 0 Å². The van der Waals surface area contributed by atoms with Crippen LogP contribution < -0.4 is 5.32 Å². The molecule has 3 heteroatoms. The molecule has 0 saturated carbocycles. The van der Waals surface area contributed by atoms with E-state index in [2.05, 4.69) is 10.3 Å². The number of hydrogen-bond donors (Lipinski definition) is 1. The van der Waals surface area contributed by atoms with Gasteiger partial charge >= 0.3 is 0 Å². The second-order valence-electron chi connectivity index (χ2n) is 3.11. The Balaban J connectivity index is 1.92. The predicted molar refractivity (Wildman–Crippen MR) is 43.8 cm³/mol. The van der Waals surface area contributed by atoms with Gasteiger partial charge in [0.15, 0.2) is 5.90 Å². The van der Waals surface area contributed by atoms with E-state index in [9.17, 15) is 0 Å². The molecule has 1 unspecified atom stereocenters. The van der Waals surface area contributed by atoms with Gasteiger partial charge < -0.3 is 10.1 Å². The van der Waals surface area contributed by atoms with Crippen molar-refractivity contribution >= 4 is 5.90 Å². The fourth-order valence-electron chi connectivity index (χ4n) is 1.66. The molecule has 0 spiro atoms. The van der Waals surface area contributed by atoms with E-state index in [4.69, 9.17) is 4.74 Å². The molecule has 0 bridgehead atoms. The van der Waals surface area contributed by atoms with E-state index in [1.807, 2.05) is 0 Å². The Morgan fingerprint density at radius 1 is 1.55 bits per heavy atom. The predicted octanol–water partition coefficient (Wildman–Crippen LogP) is 0.415. The maximum Gasteiger partial charge on any atom is 0.187 e. The zero-order valence-corrected chi connectivity index (χ0v) is 6.68. The van der Waals surface area contributed by atoms with Crippen LogP contribution in [-0.4, -0.2) is 32.1 Å². The molecule has 11 heavy (non-hydrogen) atoms. The molecule has 62 valence electrons. The molecule has 1 atom stereocenters. The minimum atomic E-state index is 0.561. The number of hydrogen-bond acceptors (Lipinski definition) is 3. The lowest BCUT2D eigenvalue weighted by molar-refractivity contribution is 0.305. The van der Waals surface area contributed by atoms with Crippen LogP contribution in [0.5, 0.6) is 0 Å². The third-order valence-corrected chi connectivity index (χ3v) is 2.25. The lowest BCUT2D eigenvalue weighted by Gasteiger charge is -2.21. The van der Waals surface area contributed by atoms with Crippen LogP contribution in [-0.2, 0) is 4.74 Å². The smallest absolute Gasteiger partial charge is 0.187 e. The number of piperidine rings is 1. The molecule has 0 aromatic rings. The molecular weight excluding hydrogens is 140 g/mol. The number of rotatable bonds is 1. The van der Waals surface area contributed by atoms with Gasteiger partial charge in [-0.3, -0.25) is 4.99 Å². The molecule has 2 aliphatic heterocycles. The van der Waals surface area contributed by atoms with Crippen molar-refractivity contribution in [3.05, 3.63) is 0 Å². The quantitative estimate of drug-likeness (QED) is 0.593. The summed E-state index contributed by atoms with van der Waals surface area (Å²) >= 11 is 0.